The Morgan fingerprint density at radius 3 is 1.56 bits per heavy atom. The second kappa shape index (κ2) is 15.3. The Hall–Kier alpha value is -8.32. The van der Waals surface area contributed by atoms with Crippen LogP contribution in [0.15, 0.2) is 248 Å². The SMILES string of the molecule is C1=C=C(c2cc(N3c4ccc(-c5ccccc5)cc4B4c5ccccc5N(c5cccc(-c6ccccc6)c5)c5cc(-c6ccccc6)cc3c54)ccc2-c2ccccc2)C=CC=1. The van der Waals surface area contributed by atoms with Gasteiger partial charge in [-0.25, -0.2) is 0 Å². The van der Waals surface area contributed by atoms with Gasteiger partial charge in [0.25, 0.3) is 6.71 Å². The topological polar surface area (TPSA) is 6.48 Å². The van der Waals surface area contributed by atoms with Crippen LogP contribution < -0.4 is 26.2 Å². The first kappa shape index (κ1) is 36.5. The predicted molar refractivity (Wildman–Crippen MR) is 266 cm³/mol. The molecule has 12 rings (SSSR count). The number of hydrogen-bond acceptors (Lipinski definition) is 2. The third-order valence-corrected chi connectivity index (χ3v) is 12.7. The summed E-state index contributed by atoms with van der Waals surface area (Å²) in [6, 6.07) is 79.9. The van der Waals surface area contributed by atoms with Gasteiger partial charge in [-0.3, -0.25) is 0 Å². The molecule has 0 aromatic heterocycles. The number of nitrogens with zero attached hydrogens (tertiary/aromatic N) is 2. The maximum Gasteiger partial charge on any atom is 0.252 e. The lowest BCUT2D eigenvalue weighted by molar-refractivity contribution is 1.25. The van der Waals surface area contributed by atoms with Crippen LogP contribution in [-0.4, -0.2) is 6.71 Å². The highest BCUT2D eigenvalue weighted by Crippen LogP contribution is 2.48. The highest BCUT2D eigenvalue weighted by molar-refractivity contribution is 7.00. The number of hydrogen-bond donors (Lipinski definition) is 0. The first-order valence-electron chi connectivity index (χ1n) is 21.6. The fourth-order valence-electron chi connectivity index (χ4n) is 9.84. The summed E-state index contributed by atoms with van der Waals surface area (Å²) in [5, 5.41) is 0. The van der Waals surface area contributed by atoms with Crippen LogP contribution in [-0.2, 0) is 0 Å². The van der Waals surface area contributed by atoms with Crippen molar-refractivity contribution in [1.29, 1.82) is 0 Å². The molecule has 2 heterocycles. The third-order valence-electron chi connectivity index (χ3n) is 12.7. The maximum absolute atomic E-state index is 3.46. The standard InChI is InChI=1S/C60H39BN2/c1-6-19-42(20-7-1)47-29-18-30-50(37-47)62-56-32-17-16-31-54(56)61-55-38-48(43-21-8-2-9-22-43)33-36-57(55)63(59-40-49(39-58(62)60(59)61)44-23-10-3-11-24-44)51-34-35-52(45-25-12-4-13-26-45)53(41-51)46-27-14-5-15-28-46/h1-14,16-27,29-41H. The van der Waals surface area contributed by atoms with Gasteiger partial charge in [0.15, 0.2) is 0 Å². The normalized spacial score (nSPS) is 13.0. The summed E-state index contributed by atoms with van der Waals surface area (Å²) in [6.45, 7) is -0.0281. The highest BCUT2D eigenvalue weighted by Gasteiger charge is 2.44. The Balaban J connectivity index is 1.17. The molecule has 0 bridgehead atoms. The van der Waals surface area contributed by atoms with Crippen molar-refractivity contribution in [3.05, 3.63) is 254 Å². The summed E-state index contributed by atoms with van der Waals surface area (Å²) < 4.78 is 0. The lowest BCUT2D eigenvalue weighted by Gasteiger charge is -2.44. The van der Waals surface area contributed by atoms with Crippen LogP contribution in [0.3, 0.4) is 0 Å². The quantitative estimate of drug-likeness (QED) is 0.117. The van der Waals surface area contributed by atoms with Crippen molar-refractivity contribution in [3.63, 3.8) is 0 Å². The number of allylic oxidation sites excluding steroid dienone is 4. The van der Waals surface area contributed by atoms with Gasteiger partial charge in [-0.1, -0.05) is 187 Å². The molecule has 0 atom stereocenters. The summed E-state index contributed by atoms with van der Waals surface area (Å²) in [7, 11) is 0. The third kappa shape index (κ3) is 6.32. The van der Waals surface area contributed by atoms with Gasteiger partial charge in [-0.05, 0) is 127 Å². The van der Waals surface area contributed by atoms with Crippen molar-refractivity contribution in [2.45, 2.75) is 0 Å². The largest absolute Gasteiger partial charge is 0.311 e. The van der Waals surface area contributed by atoms with Crippen LogP contribution in [0.4, 0.5) is 34.1 Å². The van der Waals surface area contributed by atoms with E-state index in [4.69, 9.17) is 0 Å². The van der Waals surface area contributed by atoms with E-state index < -0.39 is 0 Å². The van der Waals surface area contributed by atoms with Crippen molar-refractivity contribution >= 4 is 62.8 Å². The van der Waals surface area contributed by atoms with Crippen molar-refractivity contribution in [1.82, 2.24) is 0 Å². The Kier molecular flexibility index (Phi) is 8.87. The molecule has 3 aliphatic rings. The summed E-state index contributed by atoms with van der Waals surface area (Å²) >= 11 is 0. The van der Waals surface area contributed by atoms with Crippen LogP contribution in [0.25, 0.3) is 50.1 Å². The average molecular weight is 799 g/mol. The number of benzene rings is 9. The molecule has 0 radical (unpaired) electrons. The molecule has 0 amide bonds. The first-order chi connectivity index (χ1) is 31.3. The fourth-order valence-corrected chi connectivity index (χ4v) is 9.84. The first-order valence-corrected chi connectivity index (χ1v) is 21.6. The fraction of sp³-hybridized carbons (Fsp3) is 0. The zero-order valence-electron chi connectivity index (χ0n) is 34.5. The minimum absolute atomic E-state index is 0.0281. The zero-order valence-corrected chi connectivity index (χ0v) is 34.5. The second-order valence-corrected chi connectivity index (χ2v) is 16.3. The molecule has 0 fully saturated rings. The molecule has 63 heavy (non-hydrogen) atoms. The molecule has 1 aliphatic carbocycles. The molecular formula is C60H39BN2. The van der Waals surface area contributed by atoms with E-state index in [0.29, 0.717) is 0 Å². The van der Waals surface area contributed by atoms with Crippen molar-refractivity contribution in [2.24, 2.45) is 0 Å². The molecule has 9 aromatic rings. The molecule has 0 spiro atoms. The Bertz CT molecular complexity index is 3360. The van der Waals surface area contributed by atoms with Gasteiger partial charge >= 0.3 is 0 Å². The molecule has 0 N–H and O–H groups in total. The van der Waals surface area contributed by atoms with E-state index in [1.807, 2.05) is 6.08 Å². The molecule has 2 aliphatic heterocycles. The van der Waals surface area contributed by atoms with E-state index in [0.717, 1.165) is 44.9 Å². The van der Waals surface area contributed by atoms with Gasteiger partial charge in [-0.2, -0.15) is 0 Å². The Morgan fingerprint density at radius 1 is 0.349 bits per heavy atom. The molecular weight excluding hydrogens is 759 g/mol. The van der Waals surface area contributed by atoms with E-state index >= 15 is 0 Å². The van der Waals surface area contributed by atoms with Crippen LogP contribution in [0, 0.1) is 0 Å². The zero-order chi connectivity index (χ0) is 41.7. The lowest BCUT2D eigenvalue weighted by atomic mass is 9.33. The second-order valence-electron chi connectivity index (χ2n) is 16.3. The molecule has 9 aromatic carbocycles. The summed E-state index contributed by atoms with van der Waals surface area (Å²) in [5.74, 6) is 0. The smallest absolute Gasteiger partial charge is 0.252 e. The van der Waals surface area contributed by atoms with E-state index in [1.54, 1.807) is 0 Å². The van der Waals surface area contributed by atoms with Gasteiger partial charge in [0.2, 0.25) is 0 Å². The number of para-hydroxylation sites is 1. The predicted octanol–water partition coefficient (Wildman–Crippen LogP) is 13.7. The van der Waals surface area contributed by atoms with E-state index in [9.17, 15) is 0 Å². The molecule has 0 unspecified atom stereocenters. The summed E-state index contributed by atoms with van der Waals surface area (Å²) in [5.41, 5.74) is 29.0. The molecule has 0 saturated heterocycles. The molecule has 292 valence electrons. The van der Waals surface area contributed by atoms with Gasteiger partial charge in [0.05, 0.1) is 0 Å². The van der Waals surface area contributed by atoms with Gasteiger partial charge in [0, 0.05) is 39.7 Å². The maximum atomic E-state index is 3.46. The van der Waals surface area contributed by atoms with Gasteiger partial charge in [-0.15, -0.1) is 0 Å². The van der Waals surface area contributed by atoms with Crippen LogP contribution in [0.2, 0.25) is 0 Å². The number of anilines is 6. The van der Waals surface area contributed by atoms with Crippen LogP contribution in [0.5, 0.6) is 0 Å². The van der Waals surface area contributed by atoms with Crippen molar-refractivity contribution < 1.29 is 0 Å². The van der Waals surface area contributed by atoms with E-state index in [1.165, 1.54) is 61.3 Å². The number of fused-ring (bicyclic) bond motifs is 4. The highest BCUT2D eigenvalue weighted by atomic mass is 15.2. The van der Waals surface area contributed by atoms with Crippen LogP contribution in [0.1, 0.15) is 5.56 Å². The Labute approximate surface area is 369 Å². The number of rotatable bonds is 7. The molecule has 3 heteroatoms. The summed E-state index contributed by atoms with van der Waals surface area (Å²) in [4.78, 5) is 5.02. The van der Waals surface area contributed by atoms with E-state index in [-0.39, 0.29) is 6.71 Å². The minimum atomic E-state index is -0.0281. The average Bonchev–Trinajstić information content (AvgIpc) is 3.37. The Morgan fingerprint density at radius 2 is 0.905 bits per heavy atom. The van der Waals surface area contributed by atoms with E-state index in [2.05, 4.69) is 252 Å². The monoisotopic (exact) mass is 798 g/mol. The molecule has 2 nitrogen and oxygen atoms in total. The van der Waals surface area contributed by atoms with Crippen molar-refractivity contribution in [3.8, 4) is 44.5 Å². The lowest BCUT2D eigenvalue weighted by Crippen LogP contribution is -2.61. The van der Waals surface area contributed by atoms with Crippen molar-refractivity contribution in [2.75, 3.05) is 9.80 Å². The minimum Gasteiger partial charge on any atom is -0.311 e. The van der Waals surface area contributed by atoms with Gasteiger partial charge in [0.1, 0.15) is 0 Å². The summed E-state index contributed by atoms with van der Waals surface area (Å²) in [6.07, 6.45) is 6.11. The molecule has 0 saturated carbocycles. The van der Waals surface area contributed by atoms with Gasteiger partial charge < -0.3 is 9.80 Å². The van der Waals surface area contributed by atoms with Crippen LogP contribution >= 0.6 is 0 Å².